The van der Waals surface area contributed by atoms with E-state index in [2.05, 4.69) is 51.6 Å². The van der Waals surface area contributed by atoms with Gasteiger partial charge in [-0.05, 0) is 0 Å². The van der Waals surface area contributed by atoms with E-state index in [-0.39, 0.29) is 15.4 Å². The molecule has 0 aliphatic heterocycles. The van der Waals surface area contributed by atoms with Crippen molar-refractivity contribution in [1.82, 2.24) is 0 Å². The van der Waals surface area contributed by atoms with Crippen LogP contribution in [0.3, 0.4) is 0 Å². The van der Waals surface area contributed by atoms with Crippen LogP contribution >= 0.6 is 42.1 Å². The van der Waals surface area contributed by atoms with Crippen LogP contribution in [0.25, 0.3) is 6.08 Å². The molecule has 3 atom stereocenters. The van der Waals surface area contributed by atoms with Crippen LogP contribution in [0.15, 0.2) is 30.8 Å². The van der Waals surface area contributed by atoms with Crippen molar-refractivity contribution in [1.29, 1.82) is 0 Å². The molecule has 0 heterocycles. The summed E-state index contributed by atoms with van der Waals surface area (Å²) in [6.45, 7) is 10.4. The maximum atomic E-state index is 7.05. The van der Waals surface area contributed by atoms with Gasteiger partial charge in [0.1, 0.15) is 0 Å². The van der Waals surface area contributed by atoms with E-state index in [1.54, 1.807) is 0 Å². The van der Waals surface area contributed by atoms with Crippen molar-refractivity contribution in [3.8, 4) is 0 Å². The third-order valence-corrected chi connectivity index (χ3v) is 14.0. The van der Waals surface area contributed by atoms with Crippen LogP contribution in [0.2, 0.25) is 0 Å². The van der Waals surface area contributed by atoms with Crippen molar-refractivity contribution in [2.45, 2.75) is 74.7 Å². The van der Waals surface area contributed by atoms with Crippen LogP contribution in [0.1, 0.15) is 64.9 Å². The van der Waals surface area contributed by atoms with Gasteiger partial charge in [-0.3, -0.25) is 0 Å². The summed E-state index contributed by atoms with van der Waals surface area (Å²) >= 11 is 21.1. The van der Waals surface area contributed by atoms with Gasteiger partial charge in [0.15, 0.2) is 0 Å². The summed E-state index contributed by atoms with van der Waals surface area (Å²) in [6, 6.07) is 8.63. The van der Waals surface area contributed by atoms with Gasteiger partial charge in [0.25, 0.3) is 0 Å². The molecule has 0 saturated heterocycles. The van der Waals surface area contributed by atoms with Gasteiger partial charge in [0, 0.05) is 0 Å². The summed E-state index contributed by atoms with van der Waals surface area (Å²) in [5, 5.41) is 1.46. The fraction of sp³-hybridized carbons (Fsp3) is 0.600. The standard InChI is InChI=1S/C20H32Cl3P/c1-5-9-18(21)24(19(22)10-6-2,20(23)11-7-3)17-14-12-16(8-4)13-15-17/h8,12-15,18-20,24H,4-7,9-11H2,1-3H3. The molecule has 0 bridgehead atoms. The summed E-state index contributed by atoms with van der Waals surface area (Å²) in [6.07, 6.45) is 7.94. The fourth-order valence-corrected chi connectivity index (χ4v) is 13.9. The molecule has 0 saturated carbocycles. The Morgan fingerprint density at radius 1 is 0.833 bits per heavy atom. The Morgan fingerprint density at radius 3 is 1.50 bits per heavy atom. The second-order valence-electron chi connectivity index (χ2n) is 6.53. The van der Waals surface area contributed by atoms with Gasteiger partial charge in [-0.1, -0.05) is 0 Å². The summed E-state index contributed by atoms with van der Waals surface area (Å²) < 4.78 is 0. The summed E-state index contributed by atoms with van der Waals surface area (Å²) in [7, 11) is -2.32. The molecular weight excluding hydrogens is 378 g/mol. The van der Waals surface area contributed by atoms with E-state index >= 15 is 0 Å². The molecule has 4 heteroatoms. The van der Waals surface area contributed by atoms with Crippen LogP contribution < -0.4 is 5.30 Å². The second-order valence-corrected chi connectivity index (χ2v) is 13.7. The molecule has 24 heavy (non-hydrogen) atoms. The van der Waals surface area contributed by atoms with Gasteiger partial charge in [-0.15, -0.1) is 0 Å². The number of alkyl halides is 3. The molecule has 0 spiro atoms. The van der Waals surface area contributed by atoms with Crippen LogP contribution in [0.4, 0.5) is 0 Å². The van der Waals surface area contributed by atoms with Crippen molar-refractivity contribution in [2.75, 3.05) is 0 Å². The summed E-state index contributed by atoms with van der Waals surface area (Å²) in [4.78, 5) is 0. The predicted molar refractivity (Wildman–Crippen MR) is 118 cm³/mol. The zero-order valence-electron chi connectivity index (χ0n) is 15.2. The van der Waals surface area contributed by atoms with E-state index in [9.17, 15) is 0 Å². The average Bonchev–Trinajstić information content (AvgIpc) is 2.57. The third kappa shape index (κ3) is 4.91. The first kappa shape index (κ1) is 22.3. The molecule has 0 N–H and O–H groups in total. The van der Waals surface area contributed by atoms with Crippen LogP contribution in [-0.2, 0) is 0 Å². The Labute approximate surface area is 164 Å². The van der Waals surface area contributed by atoms with Gasteiger partial charge in [0.2, 0.25) is 0 Å². The van der Waals surface area contributed by atoms with Crippen LogP contribution in [-0.4, -0.2) is 15.4 Å². The molecule has 0 aliphatic carbocycles. The van der Waals surface area contributed by atoms with Gasteiger partial charge in [-0.2, -0.15) is 0 Å². The van der Waals surface area contributed by atoms with E-state index in [0.29, 0.717) is 0 Å². The number of halogens is 3. The third-order valence-electron chi connectivity index (χ3n) is 4.83. The molecular formula is C20H32Cl3P. The van der Waals surface area contributed by atoms with E-state index in [1.807, 2.05) is 6.08 Å². The molecule has 138 valence electrons. The van der Waals surface area contributed by atoms with E-state index in [0.717, 1.165) is 44.1 Å². The molecule has 0 fully saturated rings. The van der Waals surface area contributed by atoms with Crippen molar-refractivity contribution in [3.05, 3.63) is 36.4 Å². The molecule has 1 rings (SSSR count). The van der Waals surface area contributed by atoms with Crippen LogP contribution in [0, 0.1) is 0 Å². The molecule has 0 radical (unpaired) electrons. The zero-order chi connectivity index (χ0) is 18.2. The van der Waals surface area contributed by atoms with Gasteiger partial charge in [-0.25, -0.2) is 0 Å². The zero-order valence-corrected chi connectivity index (χ0v) is 18.5. The molecule has 0 aromatic heterocycles. The number of hydrogen-bond donors (Lipinski definition) is 0. The van der Waals surface area contributed by atoms with Crippen molar-refractivity contribution in [2.24, 2.45) is 0 Å². The Balaban J connectivity index is 3.49. The predicted octanol–water partition coefficient (Wildman–Crippen LogP) is 7.80. The van der Waals surface area contributed by atoms with Gasteiger partial charge in [0.05, 0.1) is 0 Å². The van der Waals surface area contributed by atoms with Crippen molar-refractivity contribution in [3.63, 3.8) is 0 Å². The Hall–Kier alpha value is 0.260. The van der Waals surface area contributed by atoms with Crippen molar-refractivity contribution >= 4 is 53.4 Å². The molecule has 1 aromatic rings. The Kier molecular flexibility index (Phi) is 10.3. The first-order valence-electron chi connectivity index (χ1n) is 9.14. The number of rotatable bonds is 11. The van der Waals surface area contributed by atoms with Gasteiger partial charge >= 0.3 is 165 Å². The minimum absolute atomic E-state index is 0.0557. The molecule has 3 unspecified atom stereocenters. The maximum absolute atomic E-state index is 7.05. The molecule has 0 nitrogen and oxygen atoms in total. The number of hydrogen-bond acceptors (Lipinski definition) is 0. The normalized spacial score (nSPS) is 16.4. The Morgan fingerprint density at radius 2 is 1.21 bits per heavy atom. The second kappa shape index (κ2) is 11.1. The fourth-order valence-electron chi connectivity index (χ4n) is 3.52. The first-order chi connectivity index (χ1) is 11.5. The summed E-state index contributed by atoms with van der Waals surface area (Å²) in [5.74, 6) is 0. The molecule has 0 amide bonds. The first-order valence-corrected chi connectivity index (χ1v) is 12.7. The number of benzene rings is 1. The van der Waals surface area contributed by atoms with E-state index in [1.165, 1.54) is 5.30 Å². The summed E-state index contributed by atoms with van der Waals surface area (Å²) in [5.41, 5.74) is 1.12. The van der Waals surface area contributed by atoms with Crippen molar-refractivity contribution < 1.29 is 0 Å². The average molecular weight is 410 g/mol. The van der Waals surface area contributed by atoms with E-state index in [4.69, 9.17) is 34.8 Å². The minimum atomic E-state index is -2.32. The Bertz CT molecular complexity index is 455. The molecule has 0 aliphatic rings. The van der Waals surface area contributed by atoms with Crippen LogP contribution in [0.5, 0.6) is 0 Å². The van der Waals surface area contributed by atoms with E-state index < -0.39 is 7.26 Å². The molecule has 1 aromatic carbocycles. The monoisotopic (exact) mass is 408 g/mol. The topological polar surface area (TPSA) is 0 Å². The quantitative estimate of drug-likeness (QED) is 0.258. The SMILES string of the molecule is C=Cc1ccc([PH](C(Cl)CCC)(C(Cl)CCC)C(Cl)CCC)cc1. The van der Waals surface area contributed by atoms with Gasteiger partial charge < -0.3 is 0 Å².